The number of imidazole rings is 1. The van der Waals surface area contributed by atoms with Crippen LogP contribution in [0.1, 0.15) is 79.5 Å². The fourth-order valence-electron chi connectivity index (χ4n) is 3.46. The minimum atomic E-state index is -0.178. The molecule has 0 aliphatic heterocycles. The van der Waals surface area contributed by atoms with E-state index in [1.807, 2.05) is 12.3 Å². The van der Waals surface area contributed by atoms with E-state index in [0.29, 0.717) is 5.65 Å². The number of fused-ring (bicyclic) bond motifs is 5. The summed E-state index contributed by atoms with van der Waals surface area (Å²) in [5, 5.41) is 0.847. The van der Waals surface area contributed by atoms with E-state index in [-0.39, 0.29) is 36.4 Å². The maximum absolute atomic E-state index is 5.00. The molecule has 0 atom stereocenters. The zero-order valence-electron chi connectivity index (χ0n) is 19.3. The van der Waals surface area contributed by atoms with Gasteiger partial charge in [-0.3, -0.25) is 15.0 Å². The van der Waals surface area contributed by atoms with Gasteiger partial charge in [0.15, 0.2) is 0 Å². The normalized spacial score (nSPS) is 13.2. The maximum Gasteiger partial charge on any atom is 0.103 e. The topological polar surface area (TPSA) is 56.0 Å². The molecule has 4 aromatic rings. The Hall–Kier alpha value is -1.91. The molecule has 0 fully saturated rings. The van der Waals surface area contributed by atoms with Gasteiger partial charge in [0.05, 0.1) is 28.5 Å². The standard InChI is InChI=1S/C24H30N5.Ir/c1-22(2,3)17-11-10-14-19(27-17)28-21(24(7,8)9)29-16-13-25-18(23(4,5)6)12-15(16)26-20(14)29;/h11-13H,1-9H3;/q-1;. The zero-order valence-corrected chi connectivity index (χ0v) is 21.7. The third kappa shape index (κ3) is 3.76. The molecule has 4 rings (SSSR count). The molecule has 5 nitrogen and oxygen atoms in total. The van der Waals surface area contributed by atoms with Crippen molar-refractivity contribution in [3.63, 3.8) is 0 Å². The van der Waals surface area contributed by atoms with Gasteiger partial charge in [-0.2, -0.15) is 0 Å². The summed E-state index contributed by atoms with van der Waals surface area (Å²) in [6.07, 6.45) is 1.93. The van der Waals surface area contributed by atoms with E-state index in [2.05, 4.69) is 78.8 Å². The van der Waals surface area contributed by atoms with Gasteiger partial charge in [-0.05, 0) is 17.2 Å². The first-order valence-electron chi connectivity index (χ1n) is 10.2. The molecule has 0 spiro atoms. The summed E-state index contributed by atoms with van der Waals surface area (Å²) in [6, 6.07) is 7.49. The molecule has 4 heterocycles. The Bertz CT molecular complexity index is 1250. The number of aromatic nitrogens is 5. The summed E-state index contributed by atoms with van der Waals surface area (Å²) in [5.41, 5.74) is 5.18. The number of pyridine rings is 2. The molecule has 0 saturated carbocycles. The predicted molar refractivity (Wildman–Crippen MR) is 119 cm³/mol. The van der Waals surface area contributed by atoms with Gasteiger partial charge in [0, 0.05) is 36.6 Å². The van der Waals surface area contributed by atoms with Crippen molar-refractivity contribution in [3.8, 4) is 0 Å². The largest absolute Gasteiger partial charge is 0.330 e. The summed E-state index contributed by atoms with van der Waals surface area (Å²) in [4.78, 5) is 19.6. The molecule has 161 valence electrons. The molecule has 0 unspecified atom stereocenters. The van der Waals surface area contributed by atoms with Crippen molar-refractivity contribution in [1.82, 2.24) is 24.3 Å². The second kappa shape index (κ2) is 7.06. The molecule has 6 heteroatoms. The average Bonchev–Trinajstić information content (AvgIpc) is 2.96. The fourth-order valence-corrected chi connectivity index (χ4v) is 3.46. The van der Waals surface area contributed by atoms with Gasteiger partial charge in [0.1, 0.15) is 5.82 Å². The summed E-state index contributed by atoms with van der Waals surface area (Å²) in [6.45, 7) is 19.5. The van der Waals surface area contributed by atoms with Crippen LogP contribution in [-0.4, -0.2) is 24.3 Å². The summed E-state index contributed by atoms with van der Waals surface area (Å²) in [7, 11) is 0. The van der Waals surface area contributed by atoms with Gasteiger partial charge in [-0.25, -0.2) is 0 Å². The van der Waals surface area contributed by atoms with Crippen molar-refractivity contribution in [2.24, 2.45) is 0 Å². The Morgan fingerprint density at radius 3 is 2.00 bits per heavy atom. The monoisotopic (exact) mass is 581 g/mol. The number of hydrogen-bond donors (Lipinski definition) is 0. The van der Waals surface area contributed by atoms with Crippen molar-refractivity contribution in [2.75, 3.05) is 0 Å². The van der Waals surface area contributed by atoms with Crippen LogP contribution >= 0.6 is 0 Å². The van der Waals surface area contributed by atoms with E-state index >= 15 is 0 Å². The quantitative estimate of drug-likeness (QED) is 0.257. The minimum Gasteiger partial charge on any atom is -0.330 e. The van der Waals surface area contributed by atoms with Crippen molar-refractivity contribution < 1.29 is 20.1 Å². The molecule has 0 aliphatic rings. The first-order valence-corrected chi connectivity index (χ1v) is 10.2. The first-order chi connectivity index (χ1) is 13.3. The smallest absolute Gasteiger partial charge is 0.103 e. The third-order valence-electron chi connectivity index (χ3n) is 5.20. The Kier molecular flexibility index (Phi) is 5.36. The van der Waals surface area contributed by atoms with E-state index < -0.39 is 0 Å². The van der Waals surface area contributed by atoms with Crippen LogP contribution in [0, 0.1) is 6.07 Å². The Labute approximate surface area is 192 Å². The van der Waals surface area contributed by atoms with Gasteiger partial charge in [-0.15, -0.1) is 12.1 Å². The molecule has 0 aliphatic carbocycles. The van der Waals surface area contributed by atoms with Gasteiger partial charge in [0.25, 0.3) is 0 Å². The average molecular weight is 581 g/mol. The molecule has 0 amide bonds. The van der Waals surface area contributed by atoms with Crippen LogP contribution in [0.15, 0.2) is 18.3 Å². The van der Waals surface area contributed by atoms with Crippen LogP contribution in [0.2, 0.25) is 0 Å². The van der Waals surface area contributed by atoms with Gasteiger partial charge in [-0.1, -0.05) is 67.7 Å². The zero-order chi connectivity index (χ0) is 21.4. The van der Waals surface area contributed by atoms with Crippen LogP contribution in [0.3, 0.4) is 0 Å². The van der Waals surface area contributed by atoms with E-state index in [4.69, 9.17) is 19.9 Å². The molecule has 0 N–H and O–H groups in total. The van der Waals surface area contributed by atoms with Gasteiger partial charge in [0.2, 0.25) is 0 Å². The van der Waals surface area contributed by atoms with Crippen molar-refractivity contribution >= 4 is 27.7 Å². The summed E-state index contributed by atoms with van der Waals surface area (Å²) >= 11 is 0. The Morgan fingerprint density at radius 2 is 1.43 bits per heavy atom. The van der Waals surface area contributed by atoms with Crippen molar-refractivity contribution in [3.05, 3.63) is 41.6 Å². The molecule has 0 saturated heterocycles. The van der Waals surface area contributed by atoms with E-state index in [1.165, 1.54) is 0 Å². The molecule has 1 radical (unpaired) electrons. The maximum atomic E-state index is 5.00. The van der Waals surface area contributed by atoms with Crippen LogP contribution in [-0.2, 0) is 36.4 Å². The summed E-state index contributed by atoms with van der Waals surface area (Å²) < 4.78 is 2.13. The van der Waals surface area contributed by atoms with Gasteiger partial charge < -0.3 is 9.38 Å². The molecule has 4 aromatic heterocycles. The van der Waals surface area contributed by atoms with Gasteiger partial charge >= 0.3 is 0 Å². The minimum absolute atomic E-state index is 0. The SMILES string of the molecule is CC(C)(C)c1cc2nc3c4[c-]cc(C(C)(C)C)nc4nc(C(C)(C)C)n3c2cn1.[Ir]. The second-order valence-electron chi connectivity index (χ2n) is 11.0. The number of rotatable bonds is 0. The van der Waals surface area contributed by atoms with Crippen LogP contribution in [0.5, 0.6) is 0 Å². The van der Waals surface area contributed by atoms with Crippen LogP contribution in [0.25, 0.3) is 27.7 Å². The number of hydrogen-bond acceptors (Lipinski definition) is 4. The first kappa shape index (κ1) is 22.8. The molecule has 0 aromatic carbocycles. The van der Waals surface area contributed by atoms with Crippen LogP contribution in [0.4, 0.5) is 0 Å². The summed E-state index contributed by atoms with van der Waals surface area (Å²) in [5.74, 6) is 0.930. The molecular weight excluding hydrogens is 551 g/mol. The predicted octanol–water partition coefficient (Wildman–Crippen LogP) is 5.52. The second-order valence-corrected chi connectivity index (χ2v) is 11.0. The Balaban J connectivity index is 0.00000256. The van der Waals surface area contributed by atoms with E-state index in [1.54, 1.807) is 0 Å². The molecule has 30 heavy (non-hydrogen) atoms. The Morgan fingerprint density at radius 1 is 0.800 bits per heavy atom. The van der Waals surface area contributed by atoms with E-state index in [0.717, 1.165) is 39.3 Å². The third-order valence-corrected chi connectivity index (χ3v) is 5.20. The van der Waals surface area contributed by atoms with Crippen molar-refractivity contribution in [2.45, 2.75) is 78.6 Å². The number of nitrogens with zero attached hydrogens (tertiary/aromatic N) is 5. The van der Waals surface area contributed by atoms with E-state index in [9.17, 15) is 0 Å². The fraction of sp³-hybridized carbons (Fsp3) is 0.500. The van der Waals surface area contributed by atoms with Crippen molar-refractivity contribution in [1.29, 1.82) is 0 Å². The molecular formula is C24H30IrN5-. The van der Waals surface area contributed by atoms with Crippen LogP contribution < -0.4 is 0 Å². The molecule has 0 bridgehead atoms.